The maximum atomic E-state index is 3.84. The van der Waals surface area contributed by atoms with Crippen molar-refractivity contribution in [2.75, 3.05) is 19.6 Å². The average molecular weight is 309 g/mol. The Hall–Kier alpha value is -0.0800. The van der Waals surface area contributed by atoms with Gasteiger partial charge in [0.1, 0.15) is 0 Å². The molecule has 2 N–H and O–H groups in total. The monoisotopic (exact) mass is 308 g/mol. The average Bonchev–Trinajstić information content (AvgIpc) is 2.39. The molecule has 2 aliphatic heterocycles. The largest absolute Gasteiger partial charge is 0.316 e. The number of hydrogen-bond acceptors (Lipinski definition) is 2. The van der Waals surface area contributed by atoms with E-state index in [1.807, 2.05) is 0 Å². The molecule has 2 aliphatic rings. The zero-order valence-electron chi connectivity index (χ0n) is 15.8. The molecule has 0 bridgehead atoms. The molecule has 0 spiro atoms. The summed E-state index contributed by atoms with van der Waals surface area (Å²) in [5, 5.41) is 7.42. The van der Waals surface area contributed by atoms with Crippen molar-refractivity contribution in [2.45, 2.75) is 85.6 Å². The van der Waals surface area contributed by atoms with Gasteiger partial charge >= 0.3 is 0 Å². The van der Waals surface area contributed by atoms with Gasteiger partial charge in [0.15, 0.2) is 0 Å². The maximum absolute atomic E-state index is 3.84. The van der Waals surface area contributed by atoms with Crippen molar-refractivity contribution in [3.63, 3.8) is 0 Å². The second kappa shape index (κ2) is 7.66. The Labute approximate surface area is 139 Å². The molecular weight excluding hydrogens is 268 g/mol. The van der Waals surface area contributed by atoms with Crippen LogP contribution in [0.3, 0.4) is 0 Å². The molecule has 0 amide bonds. The van der Waals surface area contributed by atoms with Crippen molar-refractivity contribution in [3.8, 4) is 0 Å². The zero-order chi connectivity index (χ0) is 16.2. The standard InChI is InChI=1S/C20H40N2/c1-19(2,3)13-18-9-8-17(15-22-18)12-20(4,5)11-16-7-6-10-21-14-16/h16-18,21-22H,6-15H2,1-5H3. The number of rotatable bonds is 5. The maximum Gasteiger partial charge on any atom is 0.00722 e. The predicted molar refractivity (Wildman–Crippen MR) is 97.2 cm³/mol. The van der Waals surface area contributed by atoms with E-state index in [0.717, 1.165) is 17.9 Å². The summed E-state index contributed by atoms with van der Waals surface area (Å²) in [5.74, 6) is 1.80. The van der Waals surface area contributed by atoms with Crippen LogP contribution in [-0.4, -0.2) is 25.7 Å². The Kier molecular flexibility index (Phi) is 6.36. The van der Waals surface area contributed by atoms with Crippen molar-refractivity contribution >= 4 is 0 Å². The second-order valence-corrected chi connectivity index (χ2v) is 10.1. The van der Waals surface area contributed by atoms with Gasteiger partial charge in [0.25, 0.3) is 0 Å². The van der Waals surface area contributed by atoms with Gasteiger partial charge in [-0.25, -0.2) is 0 Å². The Morgan fingerprint density at radius 1 is 0.818 bits per heavy atom. The van der Waals surface area contributed by atoms with Gasteiger partial charge < -0.3 is 10.6 Å². The van der Waals surface area contributed by atoms with Gasteiger partial charge in [0, 0.05) is 6.04 Å². The lowest BCUT2D eigenvalue weighted by molar-refractivity contribution is 0.155. The van der Waals surface area contributed by atoms with Crippen molar-refractivity contribution in [1.82, 2.24) is 10.6 Å². The van der Waals surface area contributed by atoms with Crippen LogP contribution in [0.5, 0.6) is 0 Å². The third-order valence-corrected chi connectivity index (χ3v) is 5.56. The lowest BCUT2D eigenvalue weighted by atomic mass is 9.72. The molecule has 3 unspecified atom stereocenters. The van der Waals surface area contributed by atoms with E-state index in [1.165, 1.54) is 64.6 Å². The molecule has 0 aliphatic carbocycles. The van der Waals surface area contributed by atoms with E-state index in [2.05, 4.69) is 45.3 Å². The molecule has 0 aromatic heterocycles. The van der Waals surface area contributed by atoms with Crippen LogP contribution in [0.2, 0.25) is 0 Å². The fourth-order valence-electron chi connectivity index (χ4n) is 4.81. The summed E-state index contributed by atoms with van der Waals surface area (Å²) in [6.45, 7) is 15.8. The molecule has 2 heteroatoms. The van der Waals surface area contributed by atoms with Crippen LogP contribution in [0.1, 0.15) is 79.6 Å². The summed E-state index contributed by atoms with van der Waals surface area (Å²) in [7, 11) is 0. The van der Waals surface area contributed by atoms with E-state index >= 15 is 0 Å². The van der Waals surface area contributed by atoms with Crippen LogP contribution in [0.4, 0.5) is 0 Å². The molecule has 2 heterocycles. The van der Waals surface area contributed by atoms with Gasteiger partial charge in [0.2, 0.25) is 0 Å². The van der Waals surface area contributed by atoms with E-state index < -0.39 is 0 Å². The fraction of sp³-hybridized carbons (Fsp3) is 1.00. The van der Waals surface area contributed by atoms with E-state index in [4.69, 9.17) is 0 Å². The summed E-state index contributed by atoms with van der Waals surface area (Å²) in [5.41, 5.74) is 0.963. The van der Waals surface area contributed by atoms with E-state index in [0.29, 0.717) is 10.8 Å². The van der Waals surface area contributed by atoms with Crippen molar-refractivity contribution in [1.29, 1.82) is 0 Å². The van der Waals surface area contributed by atoms with Crippen molar-refractivity contribution in [2.24, 2.45) is 22.7 Å². The summed E-state index contributed by atoms with van der Waals surface area (Å²) in [6.07, 6.45) is 9.74. The van der Waals surface area contributed by atoms with Crippen molar-refractivity contribution in [3.05, 3.63) is 0 Å². The zero-order valence-corrected chi connectivity index (χ0v) is 15.8. The van der Waals surface area contributed by atoms with Crippen LogP contribution in [0.25, 0.3) is 0 Å². The van der Waals surface area contributed by atoms with Crippen LogP contribution in [-0.2, 0) is 0 Å². The molecule has 3 atom stereocenters. The van der Waals surface area contributed by atoms with E-state index in [-0.39, 0.29) is 0 Å². The number of hydrogen-bond donors (Lipinski definition) is 2. The van der Waals surface area contributed by atoms with Gasteiger partial charge in [-0.3, -0.25) is 0 Å². The molecule has 0 aromatic rings. The summed E-state index contributed by atoms with van der Waals surface area (Å²) in [6, 6.07) is 0.752. The topological polar surface area (TPSA) is 24.1 Å². The highest BCUT2D eigenvalue weighted by Gasteiger charge is 2.30. The Morgan fingerprint density at radius 3 is 2.00 bits per heavy atom. The lowest BCUT2D eigenvalue weighted by Gasteiger charge is -2.39. The highest BCUT2D eigenvalue weighted by molar-refractivity contribution is 4.86. The smallest absolute Gasteiger partial charge is 0.00722 e. The fourth-order valence-corrected chi connectivity index (χ4v) is 4.81. The van der Waals surface area contributed by atoms with Gasteiger partial charge in [-0.05, 0) is 87.2 Å². The molecular formula is C20H40N2. The summed E-state index contributed by atoms with van der Waals surface area (Å²) >= 11 is 0. The highest BCUT2D eigenvalue weighted by atomic mass is 14.9. The normalized spacial score (nSPS) is 31.2. The van der Waals surface area contributed by atoms with Gasteiger partial charge in [-0.15, -0.1) is 0 Å². The molecule has 2 nitrogen and oxygen atoms in total. The first kappa shape index (κ1) is 18.3. The molecule has 2 saturated heterocycles. The number of piperidine rings is 2. The van der Waals surface area contributed by atoms with Gasteiger partial charge in [0.05, 0.1) is 0 Å². The Balaban J connectivity index is 1.72. The summed E-state index contributed by atoms with van der Waals surface area (Å²) < 4.78 is 0. The molecule has 130 valence electrons. The van der Waals surface area contributed by atoms with Crippen LogP contribution in [0, 0.1) is 22.7 Å². The van der Waals surface area contributed by atoms with E-state index in [1.54, 1.807) is 0 Å². The Morgan fingerprint density at radius 2 is 1.50 bits per heavy atom. The molecule has 0 radical (unpaired) electrons. The SMILES string of the molecule is CC(C)(C)CC1CCC(CC(C)(C)CC2CCCNC2)CN1. The first-order chi connectivity index (χ1) is 10.2. The third kappa shape index (κ3) is 6.58. The molecule has 2 fully saturated rings. The highest BCUT2D eigenvalue weighted by Crippen LogP contribution is 2.37. The molecule has 0 aromatic carbocycles. The number of nitrogens with one attached hydrogen (secondary N) is 2. The minimum atomic E-state index is 0.456. The van der Waals surface area contributed by atoms with Crippen LogP contribution < -0.4 is 10.6 Å². The minimum Gasteiger partial charge on any atom is -0.316 e. The molecule has 2 rings (SSSR count). The predicted octanol–water partition coefficient (Wildman–Crippen LogP) is 4.60. The van der Waals surface area contributed by atoms with E-state index in [9.17, 15) is 0 Å². The quantitative estimate of drug-likeness (QED) is 0.776. The first-order valence-corrected chi connectivity index (χ1v) is 9.68. The van der Waals surface area contributed by atoms with Crippen LogP contribution in [0.15, 0.2) is 0 Å². The first-order valence-electron chi connectivity index (χ1n) is 9.68. The molecule has 22 heavy (non-hydrogen) atoms. The lowest BCUT2D eigenvalue weighted by Crippen LogP contribution is -2.42. The van der Waals surface area contributed by atoms with Gasteiger partial charge in [-0.1, -0.05) is 34.6 Å². The van der Waals surface area contributed by atoms with Crippen molar-refractivity contribution < 1.29 is 0 Å². The minimum absolute atomic E-state index is 0.456. The third-order valence-electron chi connectivity index (χ3n) is 5.56. The molecule has 0 saturated carbocycles. The summed E-state index contributed by atoms with van der Waals surface area (Å²) in [4.78, 5) is 0. The van der Waals surface area contributed by atoms with Gasteiger partial charge in [-0.2, -0.15) is 0 Å². The van der Waals surface area contributed by atoms with Crippen LogP contribution >= 0.6 is 0 Å². The Bertz CT molecular complexity index is 315. The second-order valence-electron chi connectivity index (χ2n) is 10.1.